The van der Waals surface area contributed by atoms with Crippen LogP contribution in [0.15, 0.2) is 48.5 Å². The molecule has 7 nitrogen and oxygen atoms in total. The molecule has 35 heavy (non-hydrogen) atoms. The van der Waals surface area contributed by atoms with E-state index in [1.165, 1.54) is 12.1 Å². The third kappa shape index (κ3) is 5.70. The second-order valence-corrected chi connectivity index (χ2v) is 10.6. The van der Waals surface area contributed by atoms with E-state index in [0.717, 1.165) is 23.9 Å². The van der Waals surface area contributed by atoms with Crippen LogP contribution >= 0.6 is 0 Å². The van der Waals surface area contributed by atoms with Crippen molar-refractivity contribution in [3.8, 4) is 0 Å². The molecule has 0 unspecified atom stereocenters. The molecule has 4 rings (SSSR count). The van der Waals surface area contributed by atoms with Crippen molar-refractivity contribution in [3.63, 3.8) is 0 Å². The highest BCUT2D eigenvalue weighted by Crippen LogP contribution is 2.29. The second kappa shape index (κ2) is 9.77. The van der Waals surface area contributed by atoms with Gasteiger partial charge in [-0.2, -0.15) is 5.10 Å². The van der Waals surface area contributed by atoms with Crippen molar-refractivity contribution in [3.05, 3.63) is 65.6 Å². The van der Waals surface area contributed by atoms with Crippen molar-refractivity contribution in [2.75, 3.05) is 6.54 Å². The Morgan fingerprint density at radius 2 is 1.77 bits per heavy atom. The van der Waals surface area contributed by atoms with Gasteiger partial charge in [-0.05, 0) is 42.0 Å². The molecule has 0 spiro atoms. The summed E-state index contributed by atoms with van der Waals surface area (Å²) in [6, 6.07) is 12.7. The van der Waals surface area contributed by atoms with Crippen LogP contribution in [-0.4, -0.2) is 44.9 Å². The summed E-state index contributed by atoms with van der Waals surface area (Å²) < 4.78 is 15.0. The van der Waals surface area contributed by atoms with Crippen molar-refractivity contribution >= 4 is 22.7 Å². The number of carbonyl (C=O) groups is 2. The van der Waals surface area contributed by atoms with E-state index < -0.39 is 23.0 Å². The average molecular weight is 481 g/mol. The fourth-order valence-corrected chi connectivity index (χ4v) is 4.62. The van der Waals surface area contributed by atoms with Crippen LogP contribution in [-0.2, 0) is 11.3 Å². The van der Waals surface area contributed by atoms with Crippen LogP contribution in [0.1, 0.15) is 62.5 Å². The Hall–Kier alpha value is -3.26. The molecule has 2 aromatic carbocycles. The first-order valence-electron chi connectivity index (χ1n) is 12.1. The van der Waals surface area contributed by atoms with Gasteiger partial charge in [0, 0.05) is 11.9 Å². The molecule has 1 aliphatic carbocycles. The van der Waals surface area contributed by atoms with Gasteiger partial charge in [0.2, 0.25) is 5.91 Å². The number of hydrogen-bond acceptors (Lipinski definition) is 4. The number of fused-ring (bicyclic) bond motifs is 1. The number of benzene rings is 2. The lowest BCUT2D eigenvalue weighted by molar-refractivity contribution is -0.126. The smallest absolute Gasteiger partial charge is 0.273 e. The number of nitrogens with zero attached hydrogens (tertiary/aromatic N) is 2. The van der Waals surface area contributed by atoms with Crippen molar-refractivity contribution < 1.29 is 19.1 Å². The first-order valence-corrected chi connectivity index (χ1v) is 12.1. The molecule has 3 N–H and O–H groups in total. The first kappa shape index (κ1) is 24.9. The number of carbonyl (C=O) groups excluding carboxylic acids is 2. The molecule has 0 aliphatic heterocycles. The molecule has 1 heterocycles. The van der Waals surface area contributed by atoms with Gasteiger partial charge in [-0.3, -0.25) is 14.3 Å². The summed E-state index contributed by atoms with van der Waals surface area (Å²) in [7, 11) is 0. The summed E-state index contributed by atoms with van der Waals surface area (Å²) in [5, 5.41) is 21.6. The Morgan fingerprint density at radius 3 is 2.43 bits per heavy atom. The maximum Gasteiger partial charge on any atom is 0.273 e. The molecule has 3 aromatic rings. The maximum absolute atomic E-state index is 13.4. The summed E-state index contributed by atoms with van der Waals surface area (Å²) >= 11 is 0. The van der Waals surface area contributed by atoms with E-state index in [-0.39, 0.29) is 24.0 Å². The second-order valence-electron chi connectivity index (χ2n) is 10.6. The summed E-state index contributed by atoms with van der Waals surface area (Å²) in [6.45, 7) is 6.19. The van der Waals surface area contributed by atoms with Gasteiger partial charge in [0.25, 0.3) is 5.91 Å². The quantitative estimate of drug-likeness (QED) is 0.479. The van der Waals surface area contributed by atoms with Crippen LogP contribution in [0.2, 0.25) is 0 Å². The molecule has 1 atom stereocenters. The number of aliphatic hydroxyl groups is 1. The number of hydrogen-bond donors (Lipinski definition) is 3. The van der Waals surface area contributed by atoms with E-state index in [0.29, 0.717) is 24.8 Å². The predicted molar refractivity (Wildman–Crippen MR) is 132 cm³/mol. The molecule has 2 amide bonds. The number of aromatic nitrogens is 2. The zero-order chi connectivity index (χ0) is 25.2. The highest BCUT2D eigenvalue weighted by atomic mass is 19.1. The first-order chi connectivity index (χ1) is 16.6. The number of amides is 2. The molecule has 1 aromatic heterocycles. The number of para-hydroxylation sites is 1. The van der Waals surface area contributed by atoms with Crippen LogP contribution in [0.25, 0.3) is 10.9 Å². The van der Waals surface area contributed by atoms with Gasteiger partial charge in [0.1, 0.15) is 11.9 Å². The monoisotopic (exact) mass is 480 g/mol. The van der Waals surface area contributed by atoms with E-state index >= 15 is 0 Å². The van der Waals surface area contributed by atoms with E-state index in [1.807, 2.05) is 45.0 Å². The number of nitrogens with one attached hydrogen (secondary N) is 2. The number of halogens is 1. The summed E-state index contributed by atoms with van der Waals surface area (Å²) in [5.74, 6) is -1.10. The Labute approximate surface area is 204 Å². The molecule has 1 saturated carbocycles. The minimum Gasteiger partial charge on any atom is -0.388 e. The van der Waals surface area contributed by atoms with Crippen LogP contribution in [0.4, 0.5) is 4.39 Å². The molecule has 1 fully saturated rings. The minimum atomic E-state index is -0.878. The Kier molecular flexibility index (Phi) is 6.94. The van der Waals surface area contributed by atoms with E-state index in [9.17, 15) is 19.1 Å². The Morgan fingerprint density at radius 1 is 1.11 bits per heavy atom. The van der Waals surface area contributed by atoms with Gasteiger partial charge >= 0.3 is 0 Å². The van der Waals surface area contributed by atoms with Crippen LogP contribution in [0.3, 0.4) is 0 Å². The highest BCUT2D eigenvalue weighted by molar-refractivity contribution is 6.06. The zero-order valence-corrected chi connectivity index (χ0v) is 20.5. The summed E-state index contributed by atoms with van der Waals surface area (Å²) in [6.07, 6.45) is 3.22. The van der Waals surface area contributed by atoms with Gasteiger partial charge in [-0.15, -0.1) is 0 Å². The highest BCUT2D eigenvalue weighted by Gasteiger charge is 2.37. The van der Waals surface area contributed by atoms with Gasteiger partial charge < -0.3 is 15.7 Å². The van der Waals surface area contributed by atoms with Gasteiger partial charge in [-0.25, -0.2) is 4.39 Å². The molecular weight excluding hydrogens is 447 g/mol. The van der Waals surface area contributed by atoms with E-state index in [1.54, 1.807) is 16.8 Å². The molecular formula is C27H33FN4O3. The fraction of sp³-hybridized carbons (Fsp3) is 0.444. The standard InChI is InChI=1S/C27H33FN4O3/c1-26(2,3)23(25(34)29-17-27(35)14-6-7-15-27)30-24(33)22-20-8-4-5-9-21(20)32(31-22)16-18-10-12-19(28)13-11-18/h4-5,8-13,23,35H,6-7,14-17H2,1-3H3,(H,29,34)(H,30,33)/t23-/m1/s1. The van der Waals surface area contributed by atoms with Gasteiger partial charge in [0.05, 0.1) is 17.7 Å². The molecule has 8 heteroatoms. The fourth-order valence-electron chi connectivity index (χ4n) is 4.62. The van der Waals surface area contributed by atoms with Crippen molar-refractivity contribution in [2.45, 2.75) is 64.6 Å². The minimum absolute atomic E-state index is 0.170. The molecule has 0 saturated heterocycles. The lowest BCUT2D eigenvalue weighted by atomic mass is 9.85. The van der Waals surface area contributed by atoms with Crippen molar-refractivity contribution in [2.24, 2.45) is 5.41 Å². The van der Waals surface area contributed by atoms with Crippen LogP contribution < -0.4 is 10.6 Å². The van der Waals surface area contributed by atoms with Crippen LogP contribution in [0.5, 0.6) is 0 Å². The largest absolute Gasteiger partial charge is 0.388 e. The molecule has 0 radical (unpaired) electrons. The lowest BCUT2D eigenvalue weighted by Gasteiger charge is -2.31. The van der Waals surface area contributed by atoms with Crippen molar-refractivity contribution in [1.29, 1.82) is 0 Å². The van der Waals surface area contributed by atoms with Crippen molar-refractivity contribution in [1.82, 2.24) is 20.4 Å². The summed E-state index contributed by atoms with van der Waals surface area (Å²) in [4.78, 5) is 26.5. The normalized spacial score (nSPS) is 16.3. The average Bonchev–Trinajstić information content (AvgIpc) is 3.41. The summed E-state index contributed by atoms with van der Waals surface area (Å²) in [5.41, 5.74) is 0.395. The molecule has 186 valence electrons. The maximum atomic E-state index is 13.4. The Bertz CT molecular complexity index is 1210. The number of rotatable bonds is 7. The molecule has 1 aliphatic rings. The third-order valence-corrected chi connectivity index (χ3v) is 6.65. The van der Waals surface area contributed by atoms with E-state index in [4.69, 9.17) is 0 Å². The predicted octanol–water partition coefficient (Wildman–Crippen LogP) is 3.79. The van der Waals surface area contributed by atoms with Crippen LogP contribution in [0, 0.1) is 11.2 Å². The third-order valence-electron chi connectivity index (χ3n) is 6.65. The SMILES string of the molecule is CC(C)(C)[C@H](NC(=O)c1nn(Cc2ccc(F)cc2)c2ccccc12)C(=O)NCC1(O)CCCC1. The zero-order valence-electron chi connectivity index (χ0n) is 20.5. The van der Waals surface area contributed by atoms with Gasteiger partial charge in [-0.1, -0.05) is 63.9 Å². The van der Waals surface area contributed by atoms with E-state index in [2.05, 4.69) is 15.7 Å². The Balaban J connectivity index is 1.56. The van der Waals surface area contributed by atoms with Gasteiger partial charge in [0.15, 0.2) is 5.69 Å². The lowest BCUT2D eigenvalue weighted by Crippen LogP contribution is -2.55. The molecule has 0 bridgehead atoms. The topological polar surface area (TPSA) is 96.2 Å².